The van der Waals surface area contributed by atoms with E-state index in [9.17, 15) is 9.59 Å². The summed E-state index contributed by atoms with van der Waals surface area (Å²) in [5.74, 6) is 0.972. The number of piperidine rings is 1. The lowest BCUT2D eigenvalue weighted by Crippen LogP contribution is -2.41. The lowest BCUT2D eigenvalue weighted by Gasteiger charge is -2.38. The molecule has 2 aliphatic heterocycles. The summed E-state index contributed by atoms with van der Waals surface area (Å²) in [7, 11) is -1.12. The van der Waals surface area contributed by atoms with Crippen molar-refractivity contribution in [2.45, 2.75) is 44.1 Å². The van der Waals surface area contributed by atoms with Crippen LogP contribution in [-0.2, 0) is 4.79 Å². The molecule has 1 atom stereocenters. The highest BCUT2D eigenvalue weighted by molar-refractivity contribution is 6.04. The van der Waals surface area contributed by atoms with Crippen LogP contribution >= 0.6 is 0 Å². The molecule has 9 nitrogen and oxygen atoms in total. The van der Waals surface area contributed by atoms with Gasteiger partial charge in [-0.3, -0.25) is 9.59 Å². The maximum absolute atomic E-state index is 12.7. The molecule has 35 heavy (non-hydrogen) atoms. The molecule has 1 aromatic heterocycles. The second-order valence-corrected chi connectivity index (χ2v) is 9.50. The van der Waals surface area contributed by atoms with E-state index in [2.05, 4.69) is 11.9 Å². The Kier molecular flexibility index (Phi) is 5.24. The molecule has 1 saturated heterocycles. The minimum Gasteiger partial charge on any atom is -0.496 e. The highest BCUT2D eigenvalue weighted by atomic mass is 16.5. The number of nitrogens with zero attached hydrogens (tertiary/aromatic N) is 3. The van der Waals surface area contributed by atoms with E-state index in [4.69, 9.17) is 24.4 Å². The van der Waals surface area contributed by atoms with E-state index >= 15 is 0 Å². The monoisotopic (exact) mass is 482 g/mol. The van der Waals surface area contributed by atoms with Gasteiger partial charge in [0.2, 0.25) is 5.91 Å². The molecule has 5 rings (SSSR count). The van der Waals surface area contributed by atoms with E-state index in [0.717, 1.165) is 32.1 Å². The van der Waals surface area contributed by atoms with Crippen LogP contribution in [-0.4, -0.2) is 60.3 Å². The molecule has 3 aliphatic rings. The first kappa shape index (κ1) is 19.8. The summed E-state index contributed by atoms with van der Waals surface area (Å²) >= 11 is 0. The van der Waals surface area contributed by atoms with Gasteiger partial charge in [0.15, 0.2) is 0 Å². The number of aromatic nitrogens is 2. The van der Waals surface area contributed by atoms with Gasteiger partial charge in [0.05, 0.1) is 24.3 Å². The number of methoxy groups -OCH3 is 2. The van der Waals surface area contributed by atoms with E-state index in [1.807, 2.05) is 4.68 Å². The van der Waals surface area contributed by atoms with Crippen LogP contribution < -0.4 is 20.5 Å². The van der Waals surface area contributed by atoms with E-state index in [-0.39, 0.29) is 35.1 Å². The van der Waals surface area contributed by atoms with Gasteiger partial charge in [-0.05, 0) is 62.1 Å². The fraction of sp³-hybridized carbons (Fsp3) is 0.500. The van der Waals surface area contributed by atoms with Crippen molar-refractivity contribution < 1.29 is 23.2 Å². The average molecular weight is 483 g/mol. The fourth-order valence-corrected chi connectivity index (χ4v) is 5.57. The lowest BCUT2D eigenvalue weighted by atomic mass is 9.87. The Balaban J connectivity index is 1.56. The van der Waals surface area contributed by atoms with Crippen LogP contribution in [0.3, 0.4) is 0 Å². The van der Waals surface area contributed by atoms with Gasteiger partial charge in [-0.15, -0.1) is 0 Å². The summed E-state index contributed by atoms with van der Waals surface area (Å²) in [5.41, 5.74) is 7.68. The van der Waals surface area contributed by atoms with Gasteiger partial charge in [0, 0.05) is 30.8 Å². The first-order valence-corrected chi connectivity index (χ1v) is 12.1. The van der Waals surface area contributed by atoms with E-state index < -0.39 is 12.9 Å². The number of carbonyl (C=O) groups is 2. The number of hydrogen-bond donors (Lipinski definition) is 2. The third-order valence-electron chi connectivity index (χ3n) is 7.47. The fourth-order valence-electron chi connectivity index (χ4n) is 5.57. The number of carbonyl (C=O) groups excluding carboxylic acids is 2. The Bertz CT molecular complexity index is 1260. The van der Waals surface area contributed by atoms with Crippen LogP contribution in [0, 0.1) is 5.92 Å². The van der Waals surface area contributed by atoms with Gasteiger partial charge >= 0.3 is 0 Å². The molecular weight excluding hydrogens is 446 g/mol. The molecule has 0 bridgehead atoms. The maximum atomic E-state index is 12.7. The molecule has 1 aliphatic carbocycles. The number of ether oxygens (including phenoxy) is 2. The normalized spacial score (nSPS) is 21.7. The van der Waals surface area contributed by atoms with Gasteiger partial charge < -0.3 is 25.4 Å². The average Bonchev–Trinajstić information content (AvgIpc) is 3.64. The number of likely N-dealkylation sites (tertiary alicyclic amines) is 1. The minimum absolute atomic E-state index is 0.0183. The number of nitrogens with one attached hydrogen (secondary N) is 1. The highest BCUT2D eigenvalue weighted by Gasteiger charge is 2.37. The van der Waals surface area contributed by atoms with Crippen LogP contribution in [0.2, 0.25) is 0 Å². The number of hydrogen-bond acceptors (Lipinski definition) is 6. The van der Waals surface area contributed by atoms with Crippen molar-refractivity contribution in [3.63, 3.8) is 0 Å². The second-order valence-electron chi connectivity index (χ2n) is 9.50. The summed E-state index contributed by atoms with van der Waals surface area (Å²) in [6, 6.07) is 3.41. The zero-order valence-corrected chi connectivity index (χ0v) is 19.9. The number of rotatable bonds is 7. The molecule has 9 heteroatoms. The Labute approximate surface area is 209 Å². The van der Waals surface area contributed by atoms with E-state index in [1.165, 1.54) is 13.2 Å². The molecule has 0 spiro atoms. The summed E-state index contributed by atoms with van der Waals surface area (Å²) in [4.78, 5) is 26.6. The third kappa shape index (κ3) is 4.13. The number of anilines is 1. The summed E-state index contributed by atoms with van der Waals surface area (Å²) in [6.45, 7) is 5.51. The Morgan fingerprint density at radius 1 is 1.20 bits per heavy atom. The Morgan fingerprint density at radius 2 is 1.91 bits per heavy atom. The first-order chi connectivity index (χ1) is 18.1. The smallest absolute Gasteiger partial charge is 0.254 e. The Hall–Kier alpha value is -3.49. The van der Waals surface area contributed by atoms with Gasteiger partial charge in [-0.1, -0.05) is 6.58 Å². The SMILES string of the molecule is [2H]C([2H])([2H])Oc1cc(-c2nn3c(c2C(N)=O)NCCC3C2CCN(C(=O)C=C)CC2)cc(OC)c1C1CC1. The summed E-state index contributed by atoms with van der Waals surface area (Å²) in [6.07, 6.45) is 5.61. The predicted molar refractivity (Wildman–Crippen MR) is 133 cm³/mol. The van der Waals surface area contributed by atoms with Crippen LogP contribution in [0.15, 0.2) is 24.8 Å². The van der Waals surface area contributed by atoms with Gasteiger partial charge in [0.1, 0.15) is 28.6 Å². The molecule has 3 heterocycles. The van der Waals surface area contributed by atoms with Crippen LogP contribution in [0.5, 0.6) is 11.5 Å². The van der Waals surface area contributed by atoms with Crippen molar-refractivity contribution in [3.8, 4) is 22.8 Å². The Morgan fingerprint density at radius 3 is 2.51 bits per heavy atom. The molecule has 1 unspecified atom stereocenters. The van der Waals surface area contributed by atoms with E-state index in [0.29, 0.717) is 48.0 Å². The minimum atomic E-state index is -2.65. The van der Waals surface area contributed by atoms with Crippen molar-refractivity contribution in [2.24, 2.45) is 11.7 Å². The predicted octanol–water partition coefficient (Wildman–Crippen LogP) is 3.32. The van der Waals surface area contributed by atoms with Gasteiger partial charge in [-0.2, -0.15) is 5.10 Å². The molecule has 2 amide bonds. The molecule has 0 radical (unpaired) electrons. The summed E-state index contributed by atoms with van der Waals surface area (Å²) in [5, 5.41) is 8.18. The van der Waals surface area contributed by atoms with E-state index in [1.54, 1.807) is 17.0 Å². The highest BCUT2D eigenvalue weighted by Crippen LogP contribution is 2.50. The van der Waals surface area contributed by atoms with Crippen LogP contribution in [0.25, 0.3) is 11.3 Å². The quantitative estimate of drug-likeness (QED) is 0.586. The van der Waals surface area contributed by atoms with Crippen LogP contribution in [0.1, 0.15) is 64.1 Å². The molecular formula is C26H33N5O4. The standard InChI is InChI=1S/C26H33N5O4/c1-4-21(32)30-11-8-15(9-12-30)18-7-10-28-26-23(25(27)33)24(29-31(18)26)17-13-19(34-2)22(16-5-6-16)20(14-17)35-3/h4,13-16,18,28H,1,5-12H2,2-3H3,(H2,27,33)/i2D3. The zero-order chi connectivity index (χ0) is 27.2. The maximum Gasteiger partial charge on any atom is 0.254 e. The van der Waals surface area contributed by atoms with Crippen molar-refractivity contribution in [3.05, 3.63) is 35.9 Å². The van der Waals surface area contributed by atoms with Crippen molar-refractivity contribution in [1.29, 1.82) is 0 Å². The number of amides is 2. The molecule has 2 aromatic rings. The number of fused-ring (bicyclic) bond motifs is 1. The van der Waals surface area contributed by atoms with Gasteiger partial charge in [-0.25, -0.2) is 4.68 Å². The van der Waals surface area contributed by atoms with Crippen molar-refractivity contribution in [1.82, 2.24) is 14.7 Å². The zero-order valence-electron chi connectivity index (χ0n) is 22.9. The largest absolute Gasteiger partial charge is 0.496 e. The summed E-state index contributed by atoms with van der Waals surface area (Å²) < 4.78 is 35.9. The van der Waals surface area contributed by atoms with Crippen LogP contribution in [0.4, 0.5) is 5.82 Å². The first-order valence-electron chi connectivity index (χ1n) is 13.6. The molecule has 1 aromatic carbocycles. The molecule has 1 saturated carbocycles. The molecule has 3 N–H and O–H groups in total. The van der Waals surface area contributed by atoms with Crippen molar-refractivity contribution in [2.75, 3.05) is 39.1 Å². The number of nitrogens with two attached hydrogens (primary N) is 1. The van der Waals surface area contributed by atoms with Gasteiger partial charge in [0.25, 0.3) is 5.91 Å². The molecule has 186 valence electrons. The molecule has 2 fully saturated rings. The topological polar surface area (TPSA) is 112 Å². The second kappa shape index (κ2) is 9.28. The number of benzene rings is 1. The third-order valence-corrected chi connectivity index (χ3v) is 7.47. The lowest BCUT2D eigenvalue weighted by molar-refractivity contribution is -0.127. The number of primary amides is 1. The van der Waals surface area contributed by atoms with Crippen molar-refractivity contribution >= 4 is 17.6 Å².